The molecule has 0 aliphatic heterocycles. The molecule has 0 amide bonds. The van der Waals surface area contributed by atoms with E-state index in [4.69, 9.17) is 9.11 Å². The van der Waals surface area contributed by atoms with Crippen molar-refractivity contribution in [3.63, 3.8) is 0 Å². The minimum atomic E-state index is -4.62. The minimum absolute atomic E-state index is 0. The van der Waals surface area contributed by atoms with Crippen LogP contribution in [0.3, 0.4) is 0 Å². The van der Waals surface area contributed by atoms with Crippen molar-refractivity contribution in [2.45, 2.75) is 0 Å². The first-order chi connectivity index (χ1) is 3.71. The zero-order chi connectivity index (χ0) is 7.71. The van der Waals surface area contributed by atoms with Gasteiger partial charge in [0.1, 0.15) is 0 Å². The predicted octanol–water partition coefficient (Wildman–Crippen LogP) is -1.66. The molecule has 0 aromatic heterocycles. The van der Waals surface area contributed by atoms with Gasteiger partial charge in [0.05, 0.1) is 0 Å². The Morgan fingerprint density at radius 2 is 1.10 bits per heavy atom. The van der Waals surface area contributed by atoms with E-state index in [2.05, 4.69) is 0 Å². The third-order valence-corrected chi connectivity index (χ3v) is 2.68. The van der Waals surface area contributed by atoms with Crippen molar-refractivity contribution in [1.82, 2.24) is 0 Å². The SMILES string of the molecule is O=S(=O)(O)CS(=O)(=O)O.[K]. The second-order valence-corrected chi connectivity index (χ2v) is 4.55. The van der Waals surface area contributed by atoms with Gasteiger partial charge in [-0.15, -0.1) is 0 Å². The average molecular weight is 215 g/mol. The molecule has 0 saturated carbocycles. The summed E-state index contributed by atoms with van der Waals surface area (Å²) in [7, 11) is -9.24. The molecule has 6 nitrogen and oxygen atoms in total. The molecule has 0 aliphatic carbocycles. The molecule has 0 rings (SSSR count). The Morgan fingerprint density at radius 1 is 0.900 bits per heavy atom. The van der Waals surface area contributed by atoms with Crippen LogP contribution in [0.15, 0.2) is 0 Å². The van der Waals surface area contributed by atoms with Gasteiger partial charge in [0.2, 0.25) is 5.08 Å². The van der Waals surface area contributed by atoms with Crippen LogP contribution in [0.2, 0.25) is 0 Å². The molecule has 0 fully saturated rings. The Hall–Kier alpha value is 1.46. The zero-order valence-corrected chi connectivity index (χ0v) is 9.81. The van der Waals surface area contributed by atoms with Gasteiger partial charge in [-0.05, 0) is 0 Å². The van der Waals surface area contributed by atoms with E-state index in [-0.39, 0.29) is 51.4 Å². The molecule has 1 radical (unpaired) electrons. The van der Waals surface area contributed by atoms with Crippen LogP contribution in [0, 0.1) is 0 Å². The molecule has 0 atom stereocenters. The molecule has 2 N–H and O–H groups in total. The van der Waals surface area contributed by atoms with Crippen molar-refractivity contribution in [3.05, 3.63) is 0 Å². The van der Waals surface area contributed by atoms with Crippen LogP contribution in [0.4, 0.5) is 0 Å². The quantitative estimate of drug-likeness (QED) is 0.421. The van der Waals surface area contributed by atoms with Gasteiger partial charge < -0.3 is 0 Å². The van der Waals surface area contributed by atoms with Crippen molar-refractivity contribution in [2.75, 3.05) is 5.08 Å². The van der Waals surface area contributed by atoms with Crippen molar-refractivity contribution in [2.24, 2.45) is 0 Å². The van der Waals surface area contributed by atoms with Gasteiger partial charge in [-0.1, -0.05) is 0 Å². The molecule has 0 unspecified atom stereocenters. The minimum Gasteiger partial charge on any atom is -0.285 e. The molecule has 0 bridgehead atoms. The van der Waals surface area contributed by atoms with Gasteiger partial charge in [-0.25, -0.2) is 0 Å². The fourth-order valence-electron chi connectivity index (χ4n) is 0.188. The van der Waals surface area contributed by atoms with Gasteiger partial charge in [0, 0.05) is 51.4 Å². The topological polar surface area (TPSA) is 109 Å². The summed E-state index contributed by atoms with van der Waals surface area (Å²) in [6.45, 7) is 0. The average Bonchev–Trinajstić information content (AvgIpc) is 1.14. The summed E-state index contributed by atoms with van der Waals surface area (Å²) in [5.74, 6) is 0. The normalized spacial score (nSPS) is 12.2. The summed E-state index contributed by atoms with van der Waals surface area (Å²) in [6.07, 6.45) is 0. The Kier molecular flexibility index (Phi) is 6.27. The molecule has 0 aromatic rings. The van der Waals surface area contributed by atoms with E-state index in [1.165, 1.54) is 0 Å². The fourth-order valence-corrected chi connectivity index (χ4v) is 1.69. The number of hydrogen-bond acceptors (Lipinski definition) is 4. The second kappa shape index (κ2) is 4.47. The van der Waals surface area contributed by atoms with E-state index < -0.39 is 25.3 Å². The molecule has 0 heterocycles. The maximum absolute atomic E-state index is 9.66. The van der Waals surface area contributed by atoms with Crippen LogP contribution >= 0.6 is 0 Å². The van der Waals surface area contributed by atoms with Gasteiger partial charge in [0.25, 0.3) is 20.2 Å². The van der Waals surface area contributed by atoms with Crippen LogP contribution < -0.4 is 0 Å². The molecular formula is CH4KO6S2. The molecule has 57 valence electrons. The van der Waals surface area contributed by atoms with Crippen molar-refractivity contribution < 1.29 is 25.9 Å². The number of hydrogen-bond donors (Lipinski definition) is 2. The smallest absolute Gasteiger partial charge is 0.281 e. The van der Waals surface area contributed by atoms with E-state index in [1.54, 1.807) is 0 Å². The van der Waals surface area contributed by atoms with Gasteiger partial charge in [0.15, 0.2) is 0 Å². The van der Waals surface area contributed by atoms with Gasteiger partial charge in [-0.3, -0.25) is 9.11 Å². The van der Waals surface area contributed by atoms with Crippen LogP contribution in [-0.2, 0) is 20.2 Å². The van der Waals surface area contributed by atoms with Crippen molar-refractivity contribution in [1.29, 1.82) is 0 Å². The first-order valence-corrected chi connectivity index (χ1v) is 4.83. The maximum atomic E-state index is 9.66. The molecule has 0 spiro atoms. The van der Waals surface area contributed by atoms with E-state index in [1.807, 2.05) is 0 Å². The second-order valence-electron chi connectivity index (χ2n) is 1.28. The summed E-state index contributed by atoms with van der Waals surface area (Å²) in [5, 5.41) is -1.65. The van der Waals surface area contributed by atoms with Gasteiger partial charge in [-0.2, -0.15) is 16.8 Å². The summed E-state index contributed by atoms with van der Waals surface area (Å²) < 4.78 is 54.2. The van der Waals surface area contributed by atoms with Crippen molar-refractivity contribution in [3.8, 4) is 0 Å². The molecule has 0 aliphatic rings. The van der Waals surface area contributed by atoms with Gasteiger partial charge >= 0.3 is 0 Å². The summed E-state index contributed by atoms with van der Waals surface area (Å²) in [6, 6.07) is 0. The molecular weight excluding hydrogens is 211 g/mol. The van der Waals surface area contributed by atoms with Crippen LogP contribution in [0.1, 0.15) is 0 Å². The monoisotopic (exact) mass is 215 g/mol. The third kappa shape index (κ3) is 12.2. The Bertz CT molecular complexity index is 241. The Morgan fingerprint density at radius 3 is 1.10 bits per heavy atom. The van der Waals surface area contributed by atoms with Crippen molar-refractivity contribution >= 4 is 71.6 Å². The summed E-state index contributed by atoms with van der Waals surface area (Å²) in [4.78, 5) is 0. The fraction of sp³-hybridized carbons (Fsp3) is 1.00. The Labute approximate surface area is 101 Å². The molecule has 9 heteroatoms. The maximum Gasteiger partial charge on any atom is 0.281 e. The molecule has 0 saturated heterocycles. The summed E-state index contributed by atoms with van der Waals surface area (Å²) >= 11 is 0. The number of rotatable bonds is 2. The van der Waals surface area contributed by atoms with Crippen LogP contribution in [0.5, 0.6) is 0 Å². The third-order valence-electron chi connectivity index (χ3n) is 0.298. The first kappa shape index (κ1) is 14.0. The standard InChI is InChI=1S/CH4O6S2.K/c2-8(3,4)1-9(5,6)7;/h1H2,(H,2,3,4)(H,5,6,7);. The Balaban J connectivity index is 0. The zero-order valence-electron chi connectivity index (χ0n) is 5.05. The molecule has 0 aromatic carbocycles. The first-order valence-electron chi connectivity index (χ1n) is 1.61. The van der Waals surface area contributed by atoms with E-state index in [9.17, 15) is 16.8 Å². The van der Waals surface area contributed by atoms with Crippen LogP contribution in [-0.4, -0.2) is 82.4 Å². The van der Waals surface area contributed by atoms with E-state index in [0.29, 0.717) is 0 Å². The van der Waals surface area contributed by atoms with E-state index >= 15 is 0 Å². The van der Waals surface area contributed by atoms with Crippen LogP contribution in [0.25, 0.3) is 0 Å². The summed E-state index contributed by atoms with van der Waals surface area (Å²) in [5.41, 5.74) is 0. The molecule has 10 heavy (non-hydrogen) atoms. The largest absolute Gasteiger partial charge is 0.285 e. The predicted molar refractivity (Wildman–Crippen MR) is 33.7 cm³/mol. The van der Waals surface area contributed by atoms with E-state index in [0.717, 1.165) is 0 Å².